The molecule has 2 unspecified atom stereocenters. The van der Waals surface area contributed by atoms with Crippen LogP contribution in [0.25, 0.3) is 0 Å². The summed E-state index contributed by atoms with van der Waals surface area (Å²) in [5.41, 5.74) is 0. The van der Waals surface area contributed by atoms with Crippen LogP contribution in [0.5, 0.6) is 0 Å². The maximum atomic E-state index is 12.2. The number of aliphatic hydroxyl groups excluding tert-OH is 1. The Hall–Kier alpha value is 0.450. The summed E-state index contributed by atoms with van der Waals surface area (Å²) in [6.45, 7) is 7.22. The smallest absolute Gasteiger partial charge is 0.390 e. The van der Waals surface area contributed by atoms with E-state index in [0.717, 1.165) is 10.8 Å². The molecule has 1 rings (SSSR count). The molecule has 0 aromatic heterocycles. The highest BCUT2D eigenvalue weighted by Gasteiger charge is 2.55. The van der Waals surface area contributed by atoms with Crippen molar-refractivity contribution in [2.45, 2.75) is 50.0 Å². The van der Waals surface area contributed by atoms with E-state index in [1.165, 1.54) is 0 Å². The van der Waals surface area contributed by atoms with Crippen LogP contribution in [0.4, 0.5) is 13.2 Å². The van der Waals surface area contributed by atoms with E-state index in [-0.39, 0.29) is 0 Å². The van der Waals surface area contributed by atoms with Gasteiger partial charge in [-0.15, -0.1) is 0 Å². The fourth-order valence-electron chi connectivity index (χ4n) is 0.876. The summed E-state index contributed by atoms with van der Waals surface area (Å²) in [5, 5.41) is 7.65. The first-order valence-corrected chi connectivity index (χ1v) is 6.56. The van der Waals surface area contributed by atoms with Gasteiger partial charge < -0.3 is 5.11 Å². The molecule has 6 heteroatoms. The number of alkyl halides is 3. The van der Waals surface area contributed by atoms with Crippen molar-refractivity contribution in [3.8, 4) is 0 Å². The van der Waals surface area contributed by atoms with Crippen LogP contribution in [0.2, 0.25) is 0 Å². The van der Waals surface area contributed by atoms with Crippen LogP contribution in [-0.2, 0) is 0 Å². The molecule has 1 heterocycles. The van der Waals surface area contributed by atoms with E-state index in [4.69, 9.17) is 0 Å². The first-order valence-electron chi connectivity index (χ1n) is 4.34. The predicted molar refractivity (Wildman–Crippen MR) is 56.5 cm³/mol. The third-order valence-corrected chi connectivity index (χ3v) is 5.39. The Bertz CT molecular complexity index is 182. The van der Waals surface area contributed by atoms with Gasteiger partial charge in [0.05, 0.1) is 6.10 Å². The fourth-order valence-corrected chi connectivity index (χ4v) is 4.10. The van der Waals surface area contributed by atoms with Gasteiger partial charge in [0.15, 0.2) is 0 Å². The molecular weight excluding hydrogens is 233 g/mol. The van der Waals surface area contributed by atoms with Gasteiger partial charge in [0.2, 0.25) is 0 Å². The highest BCUT2D eigenvalue weighted by atomic mass is 33.1. The number of hydrogen-bond donors (Lipinski definition) is 1. The van der Waals surface area contributed by atoms with Crippen LogP contribution < -0.4 is 0 Å². The molecule has 0 amide bonds. The summed E-state index contributed by atoms with van der Waals surface area (Å²) in [6, 6.07) is 0. The largest absolute Gasteiger partial charge is 0.403 e. The summed E-state index contributed by atoms with van der Waals surface area (Å²) in [5.74, 6) is 0. The van der Waals surface area contributed by atoms with Gasteiger partial charge in [0.1, 0.15) is 5.25 Å². The van der Waals surface area contributed by atoms with Crippen molar-refractivity contribution in [1.82, 2.24) is 0 Å². The minimum atomic E-state index is -4.30. The maximum absolute atomic E-state index is 12.2. The van der Waals surface area contributed by atoms with Gasteiger partial charge in [-0.1, -0.05) is 35.4 Å². The number of aliphatic hydroxyl groups is 1. The molecule has 2 atom stereocenters. The Morgan fingerprint density at radius 3 is 1.79 bits per heavy atom. The molecule has 0 saturated carbocycles. The Morgan fingerprint density at radius 2 is 1.64 bits per heavy atom. The molecule has 1 aliphatic rings. The van der Waals surface area contributed by atoms with E-state index in [1.807, 2.05) is 13.8 Å². The first kappa shape index (κ1) is 14.5. The van der Waals surface area contributed by atoms with E-state index < -0.39 is 22.3 Å². The third-order valence-electron chi connectivity index (χ3n) is 1.69. The van der Waals surface area contributed by atoms with Crippen LogP contribution in [-0.4, -0.2) is 27.4 Å². The highest BCUT2D eigenvalue weighted by Crippen LogP contribution is 2.55. The lowest BCUT2D eigenvalue weighted by molar-refractivity contribution is -0.148. The normalized spacial score (nSPS) is 30.9. The summed E-state index contributed by atoms with van der Waals surface area (Å²) in [7, 11) is 1.80. The van der Waals surface area contributed by atoms with E-state index in [1.54, 1.807) is 13.8 Å². The lowest BCUT2D eigenvalue weighted by Crippen LogP contribution is -2.42. The van der Waals surface area contributed by atoms with Crippen LogP contribution >= 0.6 is 21.6 Å². The molecule has 0 radical (unpaired) electrons. The Kier molecular flexibility index (Phi) is 5.15. The second-order valence-electron chi connectivity index (χ2n) is 3.19. The van der Waals surface area contributed by atoms with Gasteiger partial charge in [-0.25, -0.2) is 0 Å². The van der Waals surface area contributed by atoms with E-state index >= 15 is 0 Å². The predicted octanol–water partition coefficient (Wildman–Crippen LogP) is 3.48. The zero-order valence-electron chi connectivity index (χ0n) is 8.55. The van der Waals surface area contributed by atoms with Crippen LogP contribution in [0.15, 0.2) is 0 Å². The first-order chi connectivity index (χ1) is 6.25. The Labute approximate surface area is 90.2 Å². The third kappa shape index (κ3) is 3.24. The van der Waals surface area contributed by atoms with Gasteiger partial charge in [0, 0.05) is 4.75 Å². The minimum Gasteiger partial charge on any atom is -0.390 e. The maximum Gasteiger partial charge on any atom is 0.403 e. The molecule has 1 N–H and O–H groups in total. The molecule has 86 valence electrons. The molecule has 0 bridgehead atoms. The van der Waals surface area contributed by atoms with E-state index in [0.29, 0.717) is 10.8 Å². The average Bonchev–Trinajstić information content (AvgIpc) is 2.30. The molecular formula is C8H15F3OS2. The quantitative estimate of drug-likeness (QED) is 0.663. The Morgan fingerprint density at radius 1 is 1.21 bits per heavy atom. The van der Waals surface area contributed by atoms with Gasteiger partial charge in [-0.2, -0.15) is 13.2 Å². The van der Waals surface area contributed by atoms with Gasteiger partial charge in [-0.05, 0) is 13.8 Å². The number of hydrogen-bond acceptors (Lipinski definition) is 3. The number of rotatable bonds is 0. The van der Waals surface area contributed by atoms with Crippen molar-refractivity contribution in [2.24, 2.45) is 0 Å². The zero-order chi connectivity index (χ0) is 11.6. The van der Waals surface area contributed by atoms with E-state index in [2.05, 4.69) is 0 Å². The Balaban J connectivity index is 0.000000791. The van der Waals surface area contributed by atoms with Gasteiger partial charge >= 0.3 is 6.18 Å². The van der Waals surface area contributed by atoms with Crippen LogP contribution in [0.3, 0.4) is 0 Å². The van der Waals surface area contributed by atoms with Crippen molar-refractivity contribution in [3.63, 3.8) is 0 Å². The van der Waals surface area contributed by atoms with Crippen molar-refractivity contribution in [1.29, 1.82) is 0 Å². The summed E-state index contributed by atoms with van der Waals surface area (Å²) >= 11 is 0. The molecule has 0 aliphatic carbocycles. The van der Waals surface area contributed by atoms with Gasteiger partial charge in [0.25, 0.3) is 0 Å². The topological polar surface area (TPSA) is 20.2 Å². The highest BCUT2D eigenvalue weighted by molar-refractivity contribution is 8.78. The molecule has 0 spiro atoms. The van der Waals surface area contributed by atoms with Crippen molar-refractivity contribution in [3.05, 3.63) is 0 Å². The van der Waals surface area contributed by atoms with Crippen molar-refractivity contribution >= 4 is 21.6 Å². The molecule has 1 fully saturated rings. The zero-order valence-corrected chi connectivity index (χ0v) is 10.2. The summed E-state index contributed by atoms with van der Waals surface area (Å²) in [6.07, 6.45) is -5.61. The average molecular weight is 248 g/mol. The molecule has 1 aliphatic heterocycles. The molecule has 14 heavy (non-hydrogen) atoms. The van der Waals surface area contributed by atoms with Crippen molar-refractivity contribution in [2.75, 3.05) is 0 Å². The second-order valence-corrected chi connectivity index (χ2v) is 6.19. The monoisotopic (exact) mass is 248 g/mol. The van der Waals surface area contributed by atoms with Crippen LogP contribution in [0.1, 0.15) is 27.7 Å². The summed E-state index contributed by atoms with van der Waals surface area (Å²) in [4.78, 5) is 0. The lowest BCUT2D eigenvalue weighted by atomic mass is 10.0. The summed E-state index contributed by atoms with van der Waals surface area (Å²) < 4.78 is 35.8. The standard InChI is InChI=1S/C6H9F3OS2.C2H6/c1-5(2)3(10)4(11-12-5)6(7,8)9;1-2/h3-4,10H,1-2H3;1-2H3. The second kappa shape index (κ2) is 4.99. The van der Waals surface area contributed by atoms with E-state index in [9.17, 15) is 18.3 Å². The van der Waals surface area contributed by atoms with Crippen LogP contribution in [0, 0.1) is 0 Å². The van der Waals surface area contributed by atoms with Gasteiger partial charge in [-0.3, -0.25) is 0 Å². The number of halogens is 3. The lowest BCUT2D eigenvalue weighted by Gasteiger charge is -2.23. The van der Waals surface area contributed by atoms with Crippen molar-refractivity contribution < 1.29 is 18.3 Å². The molecule has 1 saturated heterocycles. The molecule has 0 aromatic carbocycles. The minimum absolute atomic E-state index is 0.704. The SMILES string of the molecule is CC.CC1(C)SSC(C(F)(F)F)C1O. The molecule has 0 aromatic rings. The fraction of sp³-hybridized carbons (Fsp3) is 1.00. The molecule has 1 nitrogen and oxygen atoms in total.